The van der Waals surface area contributed by atoms with Crippen LogP contribution < -0.4 is 0 Å². The van der Waals surface area contributed by atoms with Gasteiger partial charge in [-0.3, -0.25) is 14.6 Å². The SMILES string of the molecule is CCCCCCCCCCCCCCCCCC(=O)OP(=O)(O)O.[Ca+2].[H-].[H-].[H-].[H-].[Mg+2]. The number of phosphoric acid groups is 1. The number of phosphoric ester groups is 1. The van der Waals surface area contributed by atoms with E-state index in [9.17, 15) is 9.36 Å². The minimum Gasteiger partial charge on any atom is -1.00 e. The van der Waals surface area contributed by atoms with Crippen molar-refractivity contribution >= 4 is 74.6 Å². The number of carbonyl (C=O) groups is 1. The second-order valence-electron chi connectivity index (χ2n) is 6.65. The van der Waals surface area contributed by atoms with Crippen LogP contribution in [0.2, 0.25) is 0 Å². The third kappa shape index (κ3) is 27.9. The van der Waals surface area contributed by atoms with Gasteiger partial charge in [0.2, 0.25) is 0 Å². The van der Waals surface area contributed by atoms with Gasteiger partial charge in [0.05, 0.1) is 0 Å². The Morgan fingerprint density at radius 3 is 1.38 bits per heavy atom. The molecule has 0 rings (SSSR count). The van der Waals surface area contributed by atoms with E-state index in [-0.39, 0.29) is 72.9 Å². The van der Waals surface area contributed by atoms with Crippen LogP contribution in [0.1, 0.15) is 115 Å². The predicted molar refractivity (Wildman–Crippen MR) is 114 cm³/mol. The van der Waals surface area contributed by atoms with E-state index in [0.29, 0.717) is 6.42 Å². The topological polar surface area (TPSA) is 83.8 Å². The van der Waals surface area contributed by atoms with Gasteiger partial charge in [-0.2, -0.15) is 0 Å². The zero-order valence-corrected chi connectivity index (χ0v) is 21.3. The smallest absolute Gasteiger partial charge is 1.00 e. The van der Waals surface area contributed by atoms with Crippen LogP contribution in [0.4, 0.5) is 0 Å². The van der Waals surface area contributed by atoms with E-state index >= 15 is 0 Å². The van der Waals surface area contributed by atoms with Gasteiger partial charge in [0, 0.05) is 6.42 Å². The van der Waals surface area contributed by atoms with E-state index < -0.39 is 13.8 Å². The maximum absolute atomic E-state index is 11.1. The molecule has 0 saturated heterocycles. The summed E-state index contributed by atoms with van der Waals surface area (Å²) in [7, 11) is -4.66. The van der Waals surface area contributed by atoms with Crippen LogP contribution in [0.5, 0.6) is 0 Å². The first-order valence-corrected chi connectivity index (χ1v) is 11.3. The van der Waals surface area contributed by atoms with Crippen molar-refractivity contribution in [1.29, 1.82) is 0 Å². The second-order valence-corrected chi connectivity index (χ2v) is 7.82. The summed E-state index contributed by atoms with van der Waals surface area (Å²) in [5.41, 5.74) is 0. The summed E-state index contributed by atoms with van der Waals surface area (Å²) in [6.07, 6.45) is 18.7. The van der Waals surface area contributed by atoms with Crippen LogP contribution in [0.25, 0.3) is 0 Å². The first-order chi connectivity index (χ1) is 11.5. The Morgan fingerprint density at radius 2 is 1.08 bits per heavy atom. The van der Waals surface area contributed by atoms with Gasteiger partial charge in [-0.05, 0) is 6.42 Å². The Labute approximate surface area is 212 Å². The van der Waals surface area contributed by atoms with E-state index in [0.717, 1.165) is 12.8 Å². The van der Waals surface area contributed by atoms with Crippen molar-refractivity contribution < 1.29 is 29.4 Å². The predicted octanol–water partition coefficient (Wildman–Crippen LogP) is 5.57. The van der Waals surface area contributed by atoms with Crippen LogP contribution in [0.15, 0.2) is 0 Å². The van der Waals surface area contributed by atoms with E-state index in [1.54, 1.807) is 0 Å². The van der Waals surface area contributed by atoms with Crippen LogP contribution in [-0.4, -0.2) is 76.5 Å². The molecule has 8 heteroatoms. The van der Waals surface area contributed by atoms with Crippen molar-refractivity contribution in [3.63, 3.8) is 0 Å². The molecule has 0 saturated carbocycles. The molecule has 0 amide bonds. The minimum atomic E-state index is -4.66. The van der Waals surface area contributed by atoms with Crippen molar-refractivity contribution in [3.8, 4) is 0 Å². The molecule has 5 nitrogen and oxygen atoms in total. The molecule has 0 radical (unpaired) electrons. The second kappa shape index (κ2) is 22.9. The Morgan fingerprint density at radius 1 is 0.769 bits per heavy atom. The van der Waals surface area contributed by atoms with Gasteiger partial charge in [-0.1, -0.05) is 96.8 Å². The fourth-order valence-corrected chi connectivity index (χ4v) is 3.18. The molecule has 0 aliphatic heterocycles. The largest absolute Gasteiger partial charge is 2.00 e. The standard InChI is InChI=1S/C18H37O5P.Ca.Mg.4H/c1-2-3-4-5-6-7-8-9-10-11-12-13-14-15-16-17-18(19)23-24(20,21)22;;;;;;/h2-17H2,1H3,(H2,20,21,22);;;;;;/q;2*+2;4*-1. The van der Waals surface area contributed by atoms with Gasteiger partial charge in [0.25, 0.3) is 0 Å². The molecule has 0 aromatic heterocycles. The summed E-state index contributed by atoms with van der Waals surface area (Å²) in [5, 5.41) is 0. The average Bonchev–Trinajstić information content (AvgIpc) is 2.49. The average molecular weight is 433 g/mol. The first-order valence-electron chi connectivity index (χ1n) is 9.73. The fourth-order valence-electron chi connectivity index (χ4n) is 2.82. The molecule has 152 valence electrons. The summed E-state index contributed by atoms with van der Waals surface area (Å²) in [6, 6.07) is 0. The molecule has 0 aliphatic carbocycles. The zero-order chi connectivity index (χ0) is 18.1. The summed E-state index contributed by atoms with van der Waals surface area (Å²) in [4.78, 5) is 28.0. The normalized spacial score (nSPS) is 10.7. The molecule has 0 fully saturated rings. The van der Waals surface area contributed by atoms with Crippen LogP contribution in [0.3, 0.4) is 0 Å². The Hall–Kier alpha value is 1.65. The Bertz CT molecular complexity index is 369. The number of unbranched alkanes of at least 4 members (excludes halogenated alkanes) is 14. The van der Waals surface area contributed by atoms with Gasteiger partial charge < -0.3 is 10.2 Å². The van der Waals surface area contributed by atoms with Gasteiger partial charge in [-0.25, -0.2) is 4.57 Å². The molecule has 26 heavy (non-hydrogen) atoms. The molecule has 2 N–H and O–H groups in total. The molecular weight excluding hydrogens is 392 g/mol. The van der Waals surface area contributed by atoms with Crippen molar-refractivity contribution in [2.45, 2.75) is 110 Å². The van der Waals surface area contributed by atoms with Crippen LogP contribution in [-0.2, 0) is 13.9 Å². The third-order valence-corrected chi connectivity index (χ3v) is 4.65. The molecule has 0 aliphatic rings. The van der Waals surface area contributed by atoms with Crippen molar-refractivity contribution in [3.05, 3.63) is 0 Å². The van der Waals surface area contributed by atoms with Crippen molar-refractivity contribution in [2.75, 3.05) is 0 Å². The Kier molecular flexibility index (Phi) is 28.5. The van der Waals surface area contributed by atoms with E-state index in [2.05, 4.69) is 11.4 Å². The summed E-state index contributed by atoms with van der Waals surface area (Å²) in [6.45, 7) is 2.25. The van der Waals surface area contributed by atoms with Gasteiger partial charge in [0.1, 0.15) is 0 Å². The maximum atomic E-state index is 11.1. The molecule has 0 aromatic carbocycles. The summed E-state index contributed by atoms with van der Waals surface area (Å²) < 4.78 is 14.4. The molecule has 0 unspecified atom stereocenters. The monoisotopic (exact) mass is 432 g/mol. The van der Waals surface area contributed by atoms with Gasteiger partial charge in [0.15, 0.2) is 0 Å². The fraction of sp³-hybridized carbons (Fsp3) is 0.944. The summed E-state index contributed by atoms with van der Waals surface area (Å²) >= 11 is 0. The van der Waals surface area contributed by atoms with Crippen LogP contribution in [0, 0.1) is 0 Å². The minimum absolute atomic E-state index is 0. The van der Waals surface area contributed by atoms with Gasteiger partial charge in [-0.15, -0.1) is 0 Å². The quantitative estimate of drug-likeness (QED) is 0.178. The number of rotatable bonds is 17. The molecule has 0 bridgehead atoms. The third-order valence-electron chi connectivity index (χ3n) is 4.21. The van der Waals surface area contributed by atoms with Crippen molar-refractivity contribution in [1.82, 2.24) is 0 Å². The molecule has 0 spiro atoms. The van der Waals surface area contributed by atoms with E-state index in [1.165, 1.54) is 77.0 Å². The Balaban J connectivity index is -0.000000176. The number of hydrogen-bond donors (Lipinski definition) is 2. The van der Waals surface area contributed by atoms with E-state index in [4.69, 9.17) is 9.79 Å². The molecule has 0 heterocycles. The molecule has 0 atom stereocenters. The number of hydrogen-bond acceptors (Lipinski definition) is 3. The summed E-state index contributed by atoms with van der Waals surface area (Å²) in [5.74, 6) is -0.807. The molecular formula is C18H41CaMgO5P. The van der Waals surface area contributed by atoms with Crippen molar-refractivity contribution in [2.24, 2.45) is 0 Å². The molecule has 0 aromatic rings. The van der Waals surface area contributed by atoms with Crippen LogP contribution >= 0.6 is 7.82 Å². The first kappa shape index (κ1) is 32.3. The van der Waals surface area contributed by atoms with Gasteiger partial charge >= 0.3 is 74.6 Å². The zero-order valence-electron chi connectivity index (χ0n) is 20.8. The maximum Gasteiger partial charge on any atom is 2.00 e. The number of carbonyl (C=O) groups excluding carboxylic acids is 1. The van der Waals surface area contributed by atoms with E-state index in [1.807, 2.05) is 0 Å².